The van der Waals surface area contributed by atoms with Gasteiger partial charge in [0, 0.05) is 13.1 Å². The fourth-order valence-corrected chi connectivity index (χ4v) is 2.06. The van der Waals surface area contributed by atoms with Crippen LogP contribution in [0.5, 0.6) is 0 Å². The Kier molecular flexibility index (Phi) is 5.18. The number of hydrogen-bond acceptors (Lipinski definition) is 4. The van der Waals surface area contributed by atoms with Crippen LogP contribution in [0, 0.1) is 11.6 Å². The number of nitrogens with zero attached hydrogens (tertiary/aromatic N) is 2. The van der Waals surface area contributed by atoms with Crippen molar-refractivity contribution in [3.05, 3.63) is 35.4 Å². The van der Waals surface area contributed by atoms with Gasteiger partial charge in [-0.15, -0.1) is 0 Å². The highest BCUT2D eigenvalue weighted by Crippen LogP contribution is 2.12. The van der Waals surface area contributed by atoms with Gasteiger partial charge in [0.05, 0.1) is 13.1 Å². The second-order valence-corrected chi connectivity index (χ2v) is 6.33. The lowest BCUT2D eigenvalue weighted by molar-refractivity contribution is 0.0276. The van der Waals surface area contributed by atoms with E-state index in [1.165, 1.54) is 6.07 Å². The van der Waals surface area contributed by atoms with Crippen LogP contribution in [0.1, 0.15) is 26.3 Å². The van der Waals surface area contributed by atoms with Gasteiger partial charge in [-0.2, -0.15) is 0 Å². The third-order valence-corrected chi connectivity index (χ3v) is 3.15. The standard InChI is InChI=1S/C16H21F2N3O2/c1-16(2,3)23-15(22)21-7-6-19-14(10-21)20-9-11-4-5-12(17)13(18)8-11/h4-5,8H,6-7,9-10H2,1-3H3,(H,19,20). The first-order chi connectivity index (χ1) is 10.7. The molecule has 1 amide bonds. The van der Waals surface area contributed by atoms with Gasteiger partial charge < -0.3 is 10.1 Å². The molecule has 0 saturated carbocycles. The first-order valence-electron chi connectivity index (χ1n) is 7.43. The number of benzene rings is 1. The van der Waals surface area contributed by atoms with Crippen LogP contribution >= 0.6 is 0 Å². The van der Waals surface area contributed by atoms with Crippen LogP contribution in [-0.2, 0) is 11.3 Å². The lowest BCUT2D eigenvalue weighted by Crippen LogP contribution is -2.47. The Bertz CT molecular complexity index is 612. The number of halogens is 2. The monoisotopic (exact) mass is 325 g/mol. The lowest BCUT2D eigenvalue weighted by atomic mass is 10.2. The lowest BCUT2D eigenvalue weighted by Gasteiger charge is -2.30. The zero-order chi connectivity index (χ0) is 17.0. The maximum Gasteiger partial charge on any atom is 0.410 e. The van der Waals surface area contributed by atoms with E-state index in [1.807, 2.05) is 20.8 Å². The van der Waals surface area contributed by atoms with E-state index < -0.39 is 17.2 Å². The Morgan fingerprint density at radius 3 is 2.74 bits per heavy atom. The zero-order valence-corrected chi connectivity index (χ0v) is 13.5. The second-order valence-electron chi connectivity index (χ2n) is 6.33. The molecule has 0 aromatic heterocycles. The molecule has 0 saturated heterocycles. The van der Waals surface area contributed by atoms with Crippen molar-refractivity contribution in [1.29, 1.82) is 0 Å². The molecular weight excluding hydrogens is 304 g/mol. The molecule has 0 unspecified atom stereocenters. The maximum atomic E-state index is 13.2. The normalized spacial score (nSPS) is 15.2. The van der Waals surface area contributed by atoms with E-state index in [0.717, 1.165) is 12.1 Å². The quantitative estimate of drug-likeness (QED) is 0.909. The minimum atomic E-state index is -0.884. The van der Waals surface area contributed by atoms with Gasteiger partial charge in [0.15, 0.2) is 11.6 Å². The van der Waals surface area contributed by atoms with E-state index in [4.69, 9.17) is 4.74 Å². The van der Waals surface area contributed by atoms with E-state index in [-0.39, 0.29) is 6.09 Å². The van der Waals surface area contributed by atoms with Crippen molar-refractivity contribution in [2.75, 3.05) is 19.6 Å². The van der Waals surface area contributed by atoms with Crippen LogP contribution in [0.3, 0.4) is 0 Å². The highest BCUT2D eigenvalue weighted by Gasteiger charge is 2.24. The van der Waals surface area contributed by atoms with Crippen molar-refractivity contribution < 1.29 is 18.3 Å². The van der Waals surface area contributed by atoms with Crippen LogP contribution in [0.4, 0.5) is 13.6 Å². The molecule has 0 fully saturated rings. The molecule has 23 heavy (non-hydrogen) atoms. The van der Waals surface area contributed by atoms with Gasteiger partial charge in [-0.1, -0.05) is 6.07 Å². The number of aliphatic imine (C=N–C) groups is 1. The van der Waals surface area contributed by atoms with Gasteiger partial charge in [0.25, 0.3) is 0 Å². The maximum absolute atomic E-state index is 13.2. The van der Waals surface area contributed by atoms with Gasteiger partial charge in [0.2, 0.25) is 0 Å². The van der Waals surface area contributed by atoms with Crippen molar-refractivity contribution in [3.63, 3.8) is 0 Å². The highest BCUT2D eigenvalue weighted by atomic mass is 19.2. The number of carbonyl (C=O) groups excluding carboxylic acids is 1. The highest BCUT2D eigenvalue weighted by molar-refractivity contribution is 5.87. The third kappa shape index (κ3) is 5.19. The van der Waals surface area contributed by atoms with Crippen LogP contribution in [0.25, 0.3) is 0 Å². The summed E-state index contributed by atoms with van der Waals surface area (Å²) in [5, 5.41) is 3.04. The predicted octanol–water partition coefficient (Wildman–Crippen LogP) is 2.70. The summed E-state index contributed by atoms with van der Waals surface area (Å²) in [7, 11) is 0. The Morgan fingerprint density at radius 1 is 1.35 bits per heavy atom. The third-order valence-electron chi connectivity index (χ3n) is 3.15. The molecule has 0 atom stereocenters. The van der Waals surface area contributed by atoms with Crippen LogP contribution in [0.2, 0.25) is 0 Å². The molecule has 1 heterocycles. The Morgan fingerprint density at radius 2 is 2.09 bits per heavy atom. The average molecular weight is 325 g/mol. The van der Waals surface area contributed by atoms with E-state index in [1.54, 1.807) is 4.90 Å². The summed E-state index contributed by atoms with van der Waals surface area (Å²) in [6, 6.07) is 3.72. The number of carbonyl (C=O) groups is 1. The molecule has 7 heteroatoms. The molecule has 126 valence electrons. The molecule has 0 radical (unpaired) electrons. The van der Waals surface area contributed by atoms with E-state index in [9.17, 15) is 13.6 Å². The summed E-state index contributed by atoms with van der Waals surface area (Å²) in [4.78, 5) is 17.9. The number of amidine groups is 1. The van der Waals surface area contributed by atoms with Crippen molar-refractivity contribution in [2.45, 2.75) is 32.9 Å². The number of amides is 1. The first-order valence-corrected chi connectivity index (χ1v) is 7.43. The summed E-state index contributed by atoms with van der Waals surface area (Å²) in [6.07, 6.45) is -0.389. The molecule has 1 N–H and O–H groups in total. The molecule has 1 aromatic rings. The summed E-state index contributed by atoms with van der Waals surface area (Å²) in [5.41, 5.74) is 0.0474. The number of rotatable bonds is 2. The van der Waals surface area contributed by atoms with Crippen molar-refractivity contribution in [2.24, 2.45) is 4.99 Å². The molecule has 0 bridgehead atoms. The minimum absolute atomic E-state index is 0.304. The number of ether oxygens (including phenoxy) is 1. The SMILES string of the molecule is CC(C)(C)OC(=O)N1CCN=C(NCc2ccc(F)c(F)c2)C1. The average Bonchev–Trinajstić information content (AvgIpc) is 2.47. The molecular formula is C16H21F2N3O2. The van der Waals surface area contributed by atoms with Crippen LogP contribution in [-0.4, -0.2) is 42.1 Å². The summed E-state index contributed by atoms with van der Waals surface area (Å²) in [5.74, 6) is -1.14. The van der Waals surface area contributed by atoms with Gasteiger partial charge >= 0.3 is 6.09 Å². The van der Waals surface area contributed by atoms with Crippen LogP contribution < -0.4 is 5.32 Å². The van der Waals surface area contributed by atoms with Crippen molar-refractivity contribution in [3.8, 4) is 0 Å². The van der Waals surface area contributed by atoms with Crippen molar-refractivity contribution >= 4 is 11.9 Å². The smallest absolute Gasteiger partial charge is 0.410 e. The molecule has 1 aromatic carbocycles. The zero-order valence-electron chi connectivity index (χ0n) is 13.5. The first kappa shape index (κ1) is 17.2. The topological polar surface area (TPSA) is 53.9 Å². The molecule has 2 rings (SSSR count). The van der Waals surface area contributed by atoms with Crippen molar-refractivity contribution in [1.82, 2.24) is 10.2 Å². The van der Waals surface area contributed by atoms with E-state index >= 15 is 0 Å². The van der Waals surface area contributed by atoms with Gasteiger partial charge in [0.1, 0.15) is 11.4 Å². The fourth-order valence-electron chi connectivity index (χ4n) is 2.06. The van der Waals surface area contributed by atoms with Gasteiger partial charge in [-0.05, 0) is 38.5 Å². The second kappa shape index (κ2) is 6.93. The fraction of sp³-hybridized carbons (Fsp3) is 0.500. The molecule has 0 aliphatic carbocycles. The summed E-state index contributed by atoms with van der Waals surface area (Å²) < 4.78 is 31.4. The molecule has 1 aliphatic heterocycles. The number of nitrogens with one attached hydrogen (secondary N) is 1. The molecule has 0 spiro atoms. The van der Waals surface area contributed by atoms with E-state index in [0.29, 0.717) is 37.6 Å². The van der Waals surface area contributed by atoms with Crippen LogP contribution in [0.15, 0.2) is 23.2 Å². The summed E-state index contributed by atoms with van der Waals surface area (Å²) >= 11 is 0. The molecule has 1 aliphatic rings. The Hall–Kier alpha value is -2.18. The molecule has 5 nitrogen and oxygen atoms in total. The van der Waals surface area contributed by atoms with E-state index in [2.05, 4.69) is 10.3 Å². The predicted molar refractivity (Wildman–Crippen MR) is 83.3 cm³/mol. The van der Waals surface area contributed by atoms with Gasteiger partial charge in [-0.3, -0.25) is 9.89 Å². The largest absolute Gasteiger partial charge is 0.444 e. The Labute approximate surface area is 134 Å². The minimum Gasteiger partial charge on any atom is -0.444 e. The summed E-state index contributed by atoms with van der Waals surface area (Å²) in [6.45, 7) is 7.00. The Balaban J connectivity index is 1.90. The van der Waals surface area contributed by atoms with Gasteiger partial charge in [-0.25, -0.2) is 13.6 Å². The number of hydrogen-bond donors (Lipinski definition) is 1.